The van der Waals surface area contributed by atoms with E-state index in [4.69, 9.17) is 9.47 Å². The van der Waals surface area contributed by atoms with Crippen LogP contribution in [0.15, 0.2) is 0 Å². The molecule has 2 aliphatic carbocycles. The Bertz CT molecular complexity index is 274. The van der Waals surface area contributed by atoms with Crippen LogP contribution in [0.2, 0.25) is 0 Å². The van der Waals surface area contributed by atoms with E-state index in [1.807, 2.05) is 0 Å². The van der Waals surface area contributed by atoms with Crippen molar-refractivity contribution in [1.29, 1.82) is 0 Å². The Morgan fingerprint density at radius 2 is 1.59 bits per heavy atom. The van der Waals surface area contributed by atoms with Crippen molar-refractivity contribution in [1.82, 2.24) is 0 Å². The highest BCUT2D eigenvalue weighted by atomic mass is 16.7. The van der Waals surface area contributed by atoms with Crippen molar-refractivity contribution in [3.8, 4) is 0 Å². The summed E-state index contributed by atoms with van der Waals surface area (Å²) in [6.45, 7) is 6.37. The lowest BCUT2D eigenvalue weighted by atomic mass is 9.93. The summed E-state index contributed by atoms with van der Waals surface area (Å²) in [5.74, 6) is 1.69. The monoisotopic (exact) mass is 240 g/mol. The summed E-state index contributed by atoms with van der Waals surface area (Å²) in [6, 6.07) is 0. The molecule has 17 heavy (non-hydrogen) atoms. The van der Waals surface area contributed by atoms with Crippen LogP contribution in [0.5, 0.6) is 0 Å². The van der Waals surface area contributed by atoms with Crippen molar-refractivity contribution in [3.63, 3.8) is 0 Å². The molecule has 0 aromatic rings. The zero-order valence-corrected chi connectivity index (χ0v) is 10.9. The molecular formula is C14H24O3. The van der Waals surface area contributed by atoms with Crippen molar-refractivity contribution < 1.29 is 14.6 Å². The molecule has 2 unspecified atom stereocenters. The fourth-order valence-electron chi connectivity index (χ4n) is 3.84. The van der Waals surface area contributed by atoms with Gasteiger partial charge in [0.25, 0.3) is 0 Å². The van der Waals surface area contributed by atoms with E-state index in [2.05, 4.69) is 13.8 Å². The summed E-state index contributed by atoms with van der Waals surface area (Å²) in [5, 5.41) is 9.23. The van der Waals surface area contributed by atoms with Crippen LogP contribution < -0.4 is 0 Å². The minimum Gasteiger partial charge on any atom is -0.396 e. The zero-order valence-electron chi connectivity index (χ0n) is 10.9. The standard InChI is InChI=1S/C14H24O3/c1-13(2)8-16-14(17-9-13)5-11-3-10(7-15)4-12(11)6-14/h10-12,15H,3-9H2,1-2H3. The van der Waals surface area contributed by atoms with Gasteiger partial charge in [0.2, 0.25) is 0 Å². The molecule has 3 fully saturated rings. The van der Waals surface area contributed by atoms with E-state index in [1.165, 1.54) is 12.8 Å². The number of hydrogen-bond donors (Lipinski definition) is 1. The number of aliphatic hydroxyl groups excluding tert-OH is 1. The Morgan fingerprint density at radius 3 is 2.06 bits per heavy atom. The second-order valence-corrected chi connectivity index (χ2v) is 7.10. The molecule has 1 saturated heterocycles. The van der Waals surface area contributed by atoms with Gasteiger partial charge < -0.3 is 14.6 Å². The summed E-state index contributed by atoms with van der Waals surface area (Å²) >= 11 is 0. The van der Waals surface area contributed by atoms with Crippen molar-refractivity contribution in [2.24, 2.45) is 23.2 Å². The third-order valence-corrected chi connectivity index (χ3v) is 4.80. The first-order chi connectivity index (χ1) is 8.02. The van der Waals surface area contributed by atoms with Crippen LogP contribution in [0.3, 0.4) is 0 Å². The van der Waals surface area contributed by atoms with Crippen LogP contribution in [0.25, 0.3) is 0 Å². The topological polar surface area (TPSA) is 38.7 Å². The Morgan fingerprint density at radius 1 is 1.06 bits per heavy atom. The minimum atomic E-state index is -0.273. The average Bonchev–Trinajstić information content (AvgIpc) is 2.78. The molecule has 3 aliphatic rings. The van der Waals surface area contributed by atoms with Crippen LogP contribution in [0.4, 0.5) is 0 Å². The molecule has 2 saturated carbocycles. The van der Waals surface area contributed by atoms with Crippen molar-refractivity contribution in [2.75, 3.05) is 19.8 Å². The SMILES string of the molecule is CC1(C)COC2(CC3CC(CO)CC3C2)OC1. The number of rotatable bonds is 1. The summed E-state index contributed by atoms with van der Waals surface area (Å²) < 4.78 is 12.1. The molecule has 2 atom stereocenters. The molecule has 3 heteroatoms. The van der Waals surface area contributed by atoms with E-state index in [1.54, 1.807) is 0 Å². The molecule has 1 aliphatic heterocycles. The molecule has 3 nitrogen and oxygen atoms in total. The molecule has 98 valence electrons. The van der Waals surface area contributed by atoms with Crippen molar-refractivity contribution >= 4 is 0 Å². The first kappa shape index (κ1) is 11.9. The fourth-order valence-corrected chi connectivity index (χ4v) is 3.84. The van der Waals surface area contributed by atoms with Crippen molar-refractivity contribution in [2.45, 2.75) is 45.3 Å². The lowest BCUT2D eigenvalue weighted by molar-refractivity contribution is -0.297. The fraction of sp³-hybridized carbons (Fsp3) is 1.00. The molecule has 0 bridgehead atoms. The first-order valence-electron chi connectivity index (χ1n) is 6.91. The van der Waals surface area contributed by atoms with Gasteiger partial charge in [-0.1, -0.05) is 13.8 Å². The van der Waals surface area contributed by atoms with Gasteiger partial charge >= 0.3 is 0 Å². The highest BCUT2D eigenvalue weighted by molar-refractivity contribution is 4.97. The third-order valence-electron chi connectivity index (χ3n) is 4.80. The van der Waals surface area contributed by atoms with E-state index in [0.717, 1.165) is 26.1 Å². The normalized spacial score (nSPS) is 42.9. The quantitative estimate of drug-likeness (QED) is 0.763. The van der Waals surface area contributed by atoms with Gasteiger partial charge in [-0.05, 0) is 30.6 Å². The van der Waals surface area contributed by atoms with Gasteiger partial charge in [0.1, 0.15) is 0 Å². The summed E-state index contributed by atoms with van der Waals surface area (Å²) in [6.07, 6.45) is 4.42. The molecule has 0 aromatic heterocycles. The van der Waals surface area contributed by atoms with Gasteiger partial charge in [-0.3, -0.25) is 0 Å². The second kappa shape index (κ2) is 3.94. The molecule has 0 aromatic carbocycles. The van der Waals surface area contributed by atoms with Crippen LogP contribution in [0, 0.1) is 23.2 Å². The smallest absolute Gasteiger partial charge is 0.168 e. The number of aliphatic hydroxyl groups is 1. The Labute approximate surface area is 103 Å². The van der Waals surface area contributed by atoms with Gasteiger partial charge in [-0.15, -0.1) is 0 Å². The Kier molecular flexibility index (Phi) is 2.77. The predicted molar refractivity (Wildman–Crippen MR) is 64.4 cm³/mol. The highest BCUT2D eigenvalue weighted by Gasteiger charge is 2.53. The molecule has 0 amide bonds. The summed E-state index contributed by atoms with van der Waals surface area (Å²) in [4.78, 5) is 0. The van der Waals surface area contributed by atoms with E-state index in [-0.39, 0.29) is 11.2 Å². The second-order valence-electron chi connectivity index (χ2n) is 7.10. The molecule has 3 rings (SSSR count). The molecule has 1 spiro atoms. The maximum absolute atomic E-state index is 9.23. The van der Waals surface area contributed by atoms with E-state index < -0.39 is 0 Å². The van der Waals surface area contributed by atoms with Gasteiger partial charge in [-0.2, -0.15) is 0 Å². The third kappa shape index (κ3) is 2.13. The van der Waals surface area contributed by atoms with E-state index in [0.29, 0.717) is 24.4 Å². The predicted octanol–water partition coefficient (Wildman–Crippen LogP) is 2.18. The lowest BCUT2D eigenvalue weighted by Crippen LogP contribution is -2.46. The molecule has 1 N–H and O–H groups in total. The van der Waals surface area contributed by atoms with Crippen LogP contribution in [-0.4, -0.2) is 30.7 Å². The van der Waals surface area contributed by atoms with Crippen LogP contribution in [-0.2, 0) is 9.47 Å². The Balaban J connectivity index is 1.63. The molecule has 0 radical (unpaired) electrons. The summed E-state index contributed by atoms with van der Waals surface area (Å²) in [5.41, 5.74) is 0.163. The minimum absolute atomic E-state index is 0.163. The lowest BCUT2D eigenvalue weighted by Gasteiger charge is -2.42. The van der Waals surface area contributed by atoms with E-state index >= 15 is 0 Å². The largest absolute Gasteiger partial charge is 0.396 e. The molecular weight excluding hydrogens is 216 g/mol. The highest BCUT2D eigenvalue weighted by Crippen LogP contribution is 2.54. The average molecular weight is 240 g/mol. The number of hydrogen-bond acceptors (Lipinski definition) is 3. The number of ether oxygens (including phenoxy) is 2. The summed E-state index contributed by atoms with van der Waals surface area (Å²) in [7, 11) is 0. The molecule has 1 heterocycles. The van der Waals surface area contributed by atoms with Crippen molar-refractivity contribution in [3.05, 3.63) is 0 Å². The maximum atomic E-state index is 9.23. The van der Waals surface area contributed by atoms with Gasteiger partial charge in [0.05, 0.1) is 13.2 Å². The Hall–Kier alpha value is -0.120. The maximum Gasteiger partial charge on any atom is 0.168 e. The van der Waals surface area contributed by atoms with Gasteiger partial charge in [0, 0.05) is 24.9 Å². The van der Waals surface area contributed by atoms with Crippen LogP contribution in [0.1, 0.15) is 39.5 Å². The number of fused-ring (bicyclic) bond motifs is 1. The van der Waals surface area contributed by atoms with Gasteiger partial charge in [0.15, 0.2) is 5.79 Å². The first-order valence-corrected chi connectivity index (χ1v) is 6.91. The van der Waals surface area contributed by atoms with Gasteiger partial charge in [-0.25, -0.2) is 0 Å². The zero-order chi connectivity index (χ0) is 12.1. The van der Waals surface area contributed by atoms with Crippen LogP contribution >= 0.6 is 0 Å². The van der Waals surface area contributed by atoms with E-state index in [9.17, 15) is 5.11 Å².